The summed E-state index contributed by atoms with van der Waals surface area (Å²) in [6, 6.07) is 14.9. The number of rotatable bonds is 12. The number of hydrogen-bond donors (Lipinski definition) is 0. The minimum Gasteiger partial charge on any atom is -0.497 e. The van der Waals surface area contributed by atoms with Crippen molar-refractivity contribution in [3.63, 3.8) is 0 Å². The molecule has 2 heterocycles. The van der Waals surface area contributed by atoms with E-state index in [9.17, 15) is 9.59 Å². The monoisotopic (exact) mass is 534 g/mol. The lowest BCUT2D eigenvalue weighted by Crippen LogP contribution is -2.39. The van der Waals surface area contributed by atoms with Gasteiger partial charge in [0, 0.05) is 36.1 Å². The minimum absolute atomic E-state index is 0.130. The highest BCUT2D eigenvalue weighted by Gasteiger charge is 2.32. The van der Waals surface area contributed by atoms with Gasteiger partial charge in [-0.25, -0.2) is 0 Å². The van der Waals surface area contributed by atoms with Crippen LogP contribution in [0.5, 0.6) is 11.5 Å². The molecule has 2 saturated heterocycles. The van der Waals surface area contributed by atoms with Crippen LogP contribution in [0, 0.1) is 11.8 Å². The van der Waals surface area contributed by atoms with Crippen molar-refractivity contribution in [3.05, 3.63) is 59.7 Å². The number of carbonyl (C=O) groups is 2. The van der Waals surface area contributed by atoms with Gasteiger partial charge in [-0.05, 0) is 107 Å². The molecule has 0 aliphatic carbocycles. The molecule has 2 fully saturated rings. The van der Waals surface area contributed by atoms with Gasteiger partial charge >= 0.3 is 0 Å². The minimum atomic E-state index is -0.240. The fourth-order valence-corrected chi connectivity index (χ4v) is 6.12. The summed E-state index contributed by atoms with van der Waals surface area (Å²) in [5.74, 6) is 1.26. The summed E-state index contributed by atoms with van der Waals surface area (Å²) in [6.45, 7) is 5.50. The van der Waals surface area contributed by atoms with Crippen LogP contribution in [-0.4, -0.2) is 74.9 Å². The molecule has 2 aromatic carbocycles. The lowest BCUT2D eigenvalue weighted by atomic mass is 9.83. The zero-order chi connectivity index (χ0) is 27.5. The molecule has 2 aromatic rings. The Morgan fingerprint density at radius 3 is 1.23 bits per heavy atom. The molecule has 4 rings (SSSR count). The van der Waals surface area contributed by atoms with E-state index in [0.717, 1.165) is 37.7 Å². The molecule has 0 N–H and O–H groups in total. The summed E-state index contributed by atoms with van der Waals surface area (Å²) in [5.41, 5.74) is 1.39. The molecule has 39 heavy (non-hydrogen) atoms. The SMILES string of the molecule is COc1ccc(C(=O)[C@@H](C[C@@H](CN2CCCCCC2)C(=O)c2ccc(OC)cc2)CN2CCCCCC2)cc1. The highest BCUT2D eigenvalue weighted by Crippen LogP contribution is 2.27. The van der Waals surface area contributed by atoms with E-state index in [1.165, 1.54) is 51.4 Å². The molecule has 6 nitrogen and oxygen atoms in total. The second-order valence-electron chi connectivity index (χ2n) is 11.2. The van der Waals surface area contributed by atoms with Crippen LogP contribution in [0.15, 0.2) is 48.5 Å². The highest BCUT2D eigenvalue weighted by molar-refractivity contribution is 6.00. The van der Waals surface area contributed by atoms with Gasteiger partial charge in [-0.15, -0.1) is 0 Å². The summed E-state index contributed by atoms with van der Waals surface area (Å²) in [4.78, 5) is 33.0. The summed E-state index contributed by atoms with van der Waals surface area (Å²) < 4.78 is 10.6. The summed E-state index contributed by atoms with van der Waals surface area (Å²) in [6.07, 6.45) is 10.3. The predicted molar refractivity (Wildman–Crippen MR) is 156 cm³/mol. The molecule has 2 atom stereocenters. The highest BCUT2D eigenvalue weighted by atomic mass is 16.5. The van der Waals surface area contributed by atoms with Gasteiger partial charge in [0.2, 0.25) is 0 Å². The van der Waals surface area contributed by atoms with Crippen molar-refractivity contribution in [1.29, 1.82) is 0 Å². The van der Waals surface area contributed by atoms with Crippen LogP contribution in [-0.2, 0) is 0 Å². The molecule has 0 saturated carbocycles. The second-order valence-corrected chi connectivity index (χ2v) is 11.2. The summed E-state index contributed by atoms with van der Waals surface area (Å²) in [5, 5.41) is 0. The number of benzene rings is 2. The lowest BCUT2D eigenvalue weighted by Gasteiger charge is -2.31. The zero-order valence-electron chi connectivity index (χ0n) is 23.9. The van der Waals surface area contributed by atoms with Gasteiger partial charge in [-0.1, -0.05) is 25.7 Å². The van der Waals surface area contributed by atoms with E-state index >= 15 is 0 Å². The first-order chi connectivity index (χ1) is 19.1. The Labute approximate surface area is 234 Å². The normalized spacial score (nSPS) is 18.9. The zero-order valence-corrected chi connectivity index (χ0v) is 23.9. The summed E-state index contributed by atoms with van der Waals surface area (Å²) >= 11 is 0. The van der Waals surface area contributed by atoms with E-state index in [-0.39, 0.29) is 23.4 Å². The van der Waals surface area contributed by atoms with Crippen molar-refractivity contribution in [2.45, 2.75) is 57.8 Å². The molecule has 0 aromatic heterocycles. The maximum absolute atomic E-state index is 14.0. The third-order valence-electron chi connectivity index (χ3n) is 8.41. The van der Waals surface area contributed by atoms with Gasteiger partial charge in [-0.3, -0.25) is 9.59 Å². The Hall–Kier alpha value is -2.70. The largest absolute Gasteiger partial charge is 0.497 e. The van der Waals surface area contributed by atoms with Crippen LogP contribution in [0.3, 0.4) is 0 Å². The van der Waals surface area contributed by atoms with E-state index in [4.69, 9.17) is 9.47 Å². The van der Waals surface area contributed by atoms with Crippen molar-refractivity contribution in [2.24, 2.45) is 11.8 Å². The lowest BCUT2D eigenvalue weighted by molar-refractivity contribution is 0.0775. The quantitative estimate of drug-likeness (QED) is 0.305. The maximum atomic E-state index is 14.0. The van der Waals surface area contributed by atoms with Crippen molar-refractivity contribution in [2.75, 3.05) is 53.5 Å². The average molecular weight is 535 g/mol. The molecule has 2 aliphatic heterocycles. The third-order valence-corrected chi connectivity index (χ3v) is 8.41. The second kappa shape index (κ2) is 15.2. The first kappa shape index (κ1) is 29.3. The van der Waals surface area contributed by atoms with Crippen molar-refractivity contribution in [1.82, 2.24) is 9.80 Å². The summed E-state index contributed by atoms with van der Waals surface area (Å²) in [7, 11) is 3.27. The van der Waals surface area contributed by atoms with Gasteiger partial charge in [0.1, 0.15) is 11.5 Å². The number of carbonyl (C=O) groups excluding carboxylic acids is 2. The molecule has 0 radical (unpaired) electrons. The molecule has 0 amide bonds. The van der Waals surface area contributed by atoms with E-state index in [1.54, 1.807) is 14.2 Å². The van der Waals surface area contributed by atoms with Gasteiger partial charge in [-0.2, -0.15) is 0 Å². The number of hydrogen-bond acceptors (Lipinski definition) is 6. The van der Waals surface area contributed by atoms with Gasteiger partial charge in [0.05, 0.1) is 14.2 Å². The number of likely N-dealkylation sites (tertiary alicyclic amines) is 2. The molecule has 2 aliphatic rings. The maximum Gasteiger partial charge on any atom is 0.167 e. The van der Waals surface area contributed by atoms with Crippen LogP contribution >= 0.6 is 0 Å². The van der Waals surface area contributed by atoms with Crippen LogP contribution in [0.4, 0.5) is 0 Å². The standard InChI is InChI=1S/C33H46N2O4/c1-38-30-15-11-26(12-16-30)32(36)28(24-34-19-7-3-4-8-20-34)23-29(25-35-21-9-5-6-10-22-35)33(37)27-13-17-31(39-2)18-14-27/h11-18,28-29H,3-10,19-25H2,1-2H3/t28-,29-/m0/s1. The average Bonchev–Trinajstić information content (AvgIpc) is 3.41. The number of nitrogens with zero attached hydrogens (tertiary/aromatic N) is 2. The topological polar surface area (TPSA) is 59.1 Å². The predicted octanol–water partition coefficient (Wildman–Crippen LogP) is 6.14. The first-order valence-electron chi connectivity index (χ1n) is 14.9. The molecule has 0 bridgehead atoms. The van der Waals surface area contributed by atoms with Gasteiger partial charge in [0.15, 0.2) is 11.6 Å². The molecule has 0 unspecified atom stereocenters. The smallest absolute Gasteiger partial charge is 0.167 e. The van der Waals surface area contributed by atoms with Crippen molar-refractivity contribution in [3.8, 4) is 11.5 Å². The first-order valence-corrected chi connectivity index (χ1v) is 14.9. The molecular weight excluding hydrogens is 488 g/mol. The fraction of sp³-hybridized carbons (Fsp3) is 0.576. The van der Waals surface area contributed by atoms with Gasteiger partial charge < -0.3 is 19.3 Å². The van der Waals surface area contributed by atoms with Crippen LogP contribution < -0.4 is 9.47 Å². The Bertz CT molecular complexity index is 937. The third kappa shape index (κ3) is 8.64. The fourth-order valence-electron chi connectivity index (χ4n) is 6.12. The molecule has 0 spiro atoms. The number of Topliss-reactive ketones (excluding diaryl/α,β-unsaturated/α-hetero) is 2. The van der Waals surface area contributed by atoms with Crippen LogP contribution in [0.2, 0.25) is 0 Å². The van der Waals surface area contributed by atoms with E-state index in [2.05, 4.69) is 9.80 Å². The Morgan fingerprint density at radius 1 is 0.590 bits per heavy atom. The number of methoxy groups -OCH3 is 2. The van der Waals surface area contributed by atoms with Gasteiger partial charge in [0.25, 0.3) is 0 Å². The Balaban J connectivity index is 1.60. The number of ketones is 2. The Kier molecular flexibility index (Phi) is 11.4. The van der Waals surface area contributed by atoms with Crippen molar-refractivity contribution >= 4 is 11.6 Å². The van der Waals surface area contributed by atoms with E-state index in [0.29, 0.717) is 30.6 Å². The van der Waals surface area contributed by atoms with Crippen molar-refractivity contribution < 1.29 is 19.1 Å². The van der Waals surface area contributed by atoms with E-state index < -0.39 is 0 Å². The molecule has 212 valence electrons. The van der Waals surface area contributed by atoms with E-state index in [1.807, 2.05) is 48.5 Å². The molecule has 6 heteroatoms. The number of ether oxygens (including phenoxy) is 2. The molecular formula is C33H46N2O4. The van der Waals surface area contributed by atoms with Crippen LogP contribution in [0.25, 0.3) is 0 Å². The Morgan fingerprint density at radius 2 is 0.923 bits per heavy atom. The van der Waals surface area contributed by atoms with Crippen LogP contribution in [0.1, 0.15) is 78.5 Å².